The number of carbonyl (C=O) groups excluding carboxylic acids is 1. The summed E-state index contributed by atoms with van der Waals surface area (Å²) < 4.78 is 5.12. The molecule has 0 saturated heterocycles. The van der Waals surface area contributed by atoms with E-state index in [0.29, 0.717) is 17.9 Å². The first-order chi connectivity index (χ1) is 9.76. The van der Waals surface area contributed by atoms with Crippen LogP contribution in [-0.2, 0) is 11.3 Å². The van der Waals surface area contributed by atoms with Crippen molar-refractivity contribution in [3.05, 3.63) is 59.7 Å². The maximum absolute atomic E-state index is 12.3. The third kappa shape index (κ3) is 3.14. The van der Waals surface area contributed by atoms with Crippen LogP contribution in [0.3, 0.4) is 0 Å². The Morgan fingerprint density at radius 2 is 1.75 bits per heavy atom. The van der Waals surface area contributed by atoms with Gasteiger partial charge < -0.3 is 15.5 Å². The Kier molecular flexibility index (Phi) is 4.70. The highest BCUT2D eigenvalue weighted by Crippen LogP contribution is 2.19. The minimum atomic E-state index is -0.220. The van der Waals surface area contributed by atoms with Crippen LogP contribution in [-0.4, -0.2) is 13.0 Å². The molecule has 0 bridgehead atoms. The monoisotopic (exact) mass is 271 g/mol. The molecule has 0 aliphatic carbocycles. The normalized spacial score (nSPS) is 10.1. The molecule has 20 heavy (non-hydrogen) atoms. The summed E-state index contributed by atoms with van der Waals surface area (Å²) in [5, 5.41) is 2.87. The van der Waals surface area contributed by atoms with Crippen LogP contribution in [0.2, 0.25) is 0 Å². The van der Waals surface area contributed by atoms with Gasteiger partial charge in [-0.25, -0.2) is 0 Å². The largest absolute Gasteiger partial charge is 0.380 e. The van der Waals surface area contributed by atoms with E-state index in [4.69, 9.17) is 10.6 Å². The summed E-state index contributed by atoms with van der Waals surface area (Å²) in [6.07, 6.45) is 0. The number of carbonyl (C=O) groups is 1. The zero-order chi connectivity index (χ0) is 14.4. The second-order valence-corrected chi connectivity index (χ2v) is 4.23. The minimum Gasteiger partial charge on any atom is -0.380 e. The number of nitrogens with one attached hydrogen (secondary N) is 2. The molecule has 0 atom stereocenters. The number of hydrogen-bond donors (Lipinski definition) is 3. The lowest BCUT2D eigenvalue weighted by Crippen LogP contribution is -2.17. The maximum atomic E-state index is 12.3. The molecule has 0 fully saturated rings. The van der Waals surface area contributed by atoms with E-state index < -0.39 is 0 Å². The highest BCUT2D eigenvalue weighted by Gasteiger charge is 2.12. The van der Waals surface area contributed by atoms with E-state index in [1.807, 2.05) is 30.3 Å². The van der Waals surface area contributed by atoms with Crippen molar-refractivity contribution in [3.63, 3.8) is 0 Å². The molecule has 2 aromatic rings. The maximum Gasteiger partial charge on any atom is 0.257 e. The number of nitrogens with two attached hydrogens (primary N) is 1. The van der Waals surface area contributed by atoms with E-state index in [2.05, 4.69) is 10.7 Å². The molecule has 0 spiro atoms. The van der Waals surface area contributed by atoms with Crippen molar-refractivity contribution in [3.8, 4) is 0 Å². The van der Waals surface area contributed by atoms with Gasteiger partial charge in [0, 0.05) is 18.4 Å². The Morgan fingerprint density at radius 3 is 2.45 bits per heavy atom. The number of benzene rings is 2. The SMILES string of the molecule is COCc1ccccc1NC(=O)c1ccccc1NN. The predicted molar refractivity (Wildman–Crippen MR) is 79.4 cm³/mol. The fourth-order valence-corrected chi connectivity index (χ4v) is 1.92. The van der Waals surface area contributed by atoms with E-state index in [1.54, 1.807) is 25.3 Å². The average molecular weight is 271 g/mol. The first-order valence-corrected chi connectivity index (χ1v) is 6.20. The smallest absolute Gasteiger partial charge is 0.257 e. The Hall–Kier alpha value is -2.37. The molecule has 0 radical (unpaired) electrons. The summed E-state index contributed by atoms with van der Waals surface area (Å²) in [6, 6.07) is 14.6. The molecule has 2 rings (SSSR count). The van der Waals surface area contributed by atoms with Crippen molar-refractivity contribution >= 4 is 17.3 Å². The van der Waals surface area contributed by atoms with Gasteiger partial charge in [0.2, 0.25) is 0 Å². The fraction of sp³-hybridized carbons (Fsp3) is 0.133. The number of nitrogen functional groups attached to an aromatic ring is 1. The minimum absolute atomic E-state index is 0.220. The number of hydrogen-bond acceptors (Lipinski definition) is 4. The molecule has 5 heteroatoms. The highest BCUT2D eigenvalue weighted by molar-refractivity contribution is 6.08. The third-order valence-electron chi connectivity index (χ3n) is 2.89. The summed E-state index contributed by atoms with van der Waals surface area (Å²) in [4.78, 5) is 12.3. The van der Waals surface area contributed by atoms with Gasteiger partial charge in [-0.2, -0.15) is 0 Å². The summed E-state index contributed by atoms with van der Waals surface area (Å²) in [5.41, 5.74) is 5.23. The Morgan fingerprint density at radius 1 is 1.10 bits per heavy atom. The molecule has 0 saturated carbocycles. The Balaban J connectivity index is 2.24. The molecule has 0 aliphatic heterocycles. The van der Waals surface area contributed by atoms with Gasteiger partial charge in [-0.05, 0) is 18.2 Å². The summed E-state index contributed by atoms with van der Waals surface area (Å²) >= 11 is 0. The van der Waals surface area contributed by atoms with Crippen molar-refractivity contribution in [2.45, 2.75) is 6.61 Å². The first kappa shape index (κ1) is 14.0. The molecule has 4 N–H and O–H groups in total. The van der Waals surface area contributed by atoms with Crippen LogP contribution >= 0.6 is 0 Å². The number of hydrazine groups is 1. The lowest BCUT2D eigenvalue weighted by molar-refractivity contribution is 0.102. The van der Waals surface area contributed by atoms with E-state index in [-0.39, 0.29) is 5.91 Å². The molecule has 0 aromatic heterocycles. The van der Waals surface area contributed by atoms with E-state index in [9.17, 15) is 4.79 Å². The van der Waals surface area contributed by atoms with Crippen LogP contribution in [0.5, 0.6) is 0 Å². The molecular formula is C15H17N3O2. The number of para-hydroxylation sites is 2. The molecule has 5 nitrogen and oxygen atoms in total. The average Bonchev–Trinajstić information content (AvgIpc) is 2.49. The van der Waals surface area contributed by atoms with Gasteiger partial charge >= 0.3 is 0 Å². The van der Waals surface area contributed by atoms with Gasteiger partial charge in [-0.1, -0.05) is 30.3 Å². The number of ether oxygens (including phenoxy) is 1. The van der Waals surface area contributed by atoms with E-state index in [1.165, 1.54) is 0 Å². The second kappa shape index (κ2) is 6.70. The number of anilines is 2. The topological polar surface area (TPSA) is 76.4 Å². The van der Waals surface area contributed by atoms with Crippen LogP contribution in [0.1, 0.15) is 15.9 Å². The zero-order valence-electron chi connectivity index (χ0n) is 11.2. The van der Waals surface area contributed by atoms with Gasteiger partial charge in [-0.3, -0.25) is 10.6 Å². The first-order valence-electron chi connectivity index (χ1n) is 6.20. The summed E-state index contributed by atoms with van der Waals surface area (Å²) in [6.45, 7) is 0.438. The molecule has 0 unspecified atom stereocenters. The van der Waals surface area contributed by atoms with Crippen LogP contribution in [0.25, 0.3) is 0 Å². The van der Waals surface area contributed by atoms with E-state index >= 15 is 0 Å². The zero-order valence-corrected chi connectivity index (χ0v) is 11.2. The lowest BCUT2D eigenvalue weighted by Gasteiger charge is -2.12. The van der Waals surface area contributed by atoms with Gasteiger partial charge in [0.1, 0.15) is 0 Å². The van der Waals surface area contributed by atoms with Gasteiger partial charge in [0.05, 0.1) is 17.9 Å². The third-order valence-corrected chi connectivity index (χ3v) is 2.89. The summed E-state index contributed by atoms with van der Waals surface area (Å²) in [5.74, 6) is 5.19. The van der Waals surface area contributed by atoms with Crippen LogP contribution in [0.15, 0.2) is 48.5 Å². The predicted octanol–water partition coefficient (Wildman–Crippen LogP) is 2.37. The Labute approximate surface area is 117 Å². The molecule has 0 aliphatic rings. The van der Waals surface area contributed by atoms with Crippen molar-refractivity contribution in [2.75, 3.05) is 17.9 Å². The van der Waals surface area contributed by atoms with Crippen LogP contribution in [0.4, 0.5) is 11.4 Å². The van der Waals surface area contributed by atoms with Gasteiger partial charge in [-0.15, -0.1) is 0 Å². The number of amides is 1. The Bertz CT molecular complexity index is 599. The molecule has 0 heterocycles. The van der Waals surface area contributed by atoms with Crippen LogP contribution in [0, 0.1) is 0 Å². The summed E-state index contributed by atoms with van der Waals surface area (Å²) in [7, 11) is 1.62. The molecule has 104 valence electrons. The van der Waals surface area contributed by atoms with Crippen LogP contribution < -0.4 is 16.6 Å². The van der Waals surface area contributed by atoms with E-state index in [0.717, 1.165) is 11.3 Å². The highest BCUT2D eigenvalue weighted by atomic mass is 16.5. The fourth-order valence-electron chi connectivity index (χ4n) is 1.92. The van der Waals surface area contributed by atoms with Crippen molar-refractivity contribution in [2.24, 2.45) is 5.84 Å². The standard InChI is InChI=1S/C15H17N3O2/c1-20-10-11-6-2-4-8-13(11)17-15(19)12-7-3-5-9-14(12)18-16/h2-9,18H,10,16H2,1H3,(H,17,19). The lowest BCUT2D eigenvalue weighted by atomic mass is 10.1. The number of rotatable bonds is 5. The van der Waals surface area contributed by atoms with Gasteiger partial charge in [0.25, 0.3) is 5.91 Å². The van der Waals surface area contributed by atoms with Crippen molar-refractivity contribution in [1.82, 2.24) is 0 Å². The molecular weight excluding hydrogens is 254 g/mol. The van der Waals surface area contributed by atoms with Gasteiger partial charge in [0.15, 0.2) is 0 Å². The van der Waals surface area contributed by atoms with Crippen molar-refractivity contribution in [1.29, 1.82) is 0 Å². The second-order valence-electron chi connectivity index (χ2n) is 4.23. The number of methoxy groups -OCH3 is 1. The van der Waals surface area contributed by atoms with Crippen molar-refractivity contribution < 1.29 is 9.53 Å². The quantitative estimate of drug-likeness (QED) is 0.576. The molecule has 2 aromatic carbocycles. The molecule has 1 amide bonds.